The van der Waals surface area contributed by atoms with E-state index in [9.17, 15) is 17.2 Å². The molecule has 108 valence electrons. The van der Waals surface area contributed by atoms with Crippen LogP contribution in [0.5, 0.6) is 0 Å². The van der Waals surface area contributed by atoms with Gasteiger partial charge in [0.05, 0.1) is 5.69 Å². The molecule has 8 heteroatoms. The smallest absolute Gasteiger partial charge is 0.295 e. The van der Waals surface area contributed by atoms with Gasteiger partial charge in [0.1, 0.15) is 24.0 Å². The zero-order valence-electron chi connectivity index (χ0n) is 10.4. The summed E-state index contributed by atoms with van der Waals surface area (Å²) in [6.07, 6.45) is 0. The Morgan fingerprint density at radius 1 is 1.25 bits per heavy atom. The fourth-order valence-electron chi connectivity index (χ4n) is 1.51. The number of benzene rings is 1. The first-order valence-electron chi connectivity index (χ1n) is 5.51. The average molecular weight is 303 g/mol. The minimum absolute atomic E-state index is 0.0425. The molecule has 0 aliphatic rings. The lowest BCUT2D eigenvalue weighted by Gasteiger charge is -2.08. The van der Waals surface area contributed by atoms with Gasteiger partial charge in [-0.25, -0.2) is 8.78 Å². The molecule has 0 radical (unpaired) electrons. The van der Waals surface area contributed by atoms with Gasteiger partial charge in [-0.15, -0.1) is 0 Å². The summed E-state index contributed by atoms with van der Waals surface area (Å²) in [5.74, 6) is -1.60. The molecule has 20 heavy (non-hydrogen) atoms. The van der Waals surface area contributed by atoms with Crippen LogP contribution >= 0.6 is 0 Å². The maximum Gasteiger partial charge on any atom is 0.295 e. The Labute approximate surface area is 113 Å². The minimum atomic E-state index is -4.19. The first kappa shape index (κ1) is 14.5. The molecule has 0 atom stereocenters. The summed E-state index contributed by atoms with van der Waals surface area (Å²) in [5, 5.41) is 8.30. The van der Waals surface area contributed by atoms with Gasteiger partial charge in [0.15, 0.2) is 0 Å². The number of aliphatic hydroxyl groups is 1. The Balaban J connectivity index is 2.35. The number of rotatable bonds is 4. The van der Waals surface area contributed by atoms with Crippen LogP contribution in [0.3, 0.4) is 0 Å². The molecule has 1 aromatic heterocycles. The Morgan fingerprint density at radius 3 is 2.55 bits per heavy atom. The van der Waals surface area contributed by atoms with E-state index >= 15 is 0 Å². The second-order valence-electron chi connectivity index (χ2n) is 4.07. The van der Waals surface area contributed by atoms with Crippen molar-refractivity contribution in [3.63, 3.8) is 0 Å². The molecule has 0 fully saturated rings. The predicted molar refractivity (Wildman–Crippen MR) is 66.5 cm³/mol. The molecule has 0 spiro atoms. The Morgan fingerprint density at radius 2 is 1.95 bits per heavy atom. The topological polar surface area (TPSA) is 79.5 Å². The molecule has 2 N–H and O–H groups in total. The maximum absolute atomic E-state index is 13.6. The fourth-order valence-corrected chi connectivity index (χ4v) is 2.52. The van der Waals surface area contributed by atoms with Gasteiger partial charge in [0.2, 0.25) is 5.09 Å². The highest BCUT2D eigenvalue weighted by molar-refractivity contribution is 7.92. The molecule has 0 aliphatic carbocycles. The number of nitrogens with one attached hydrogen (secondary N) is 1. The summed E-state index contributed by atoms with van der Waals surface area (Å²) in [6, 6.07) is 4.00. The first-order chi connectivity index (χ1) is 9.33. The largest absolute Gasteiger partial charge is 0.445 e. The maximum atomic E-state index is 13.6. The van der Waals surface area contributed by atoms with Crippen LogP contribution in [0.15, 0.2) is 33.8 Å². The van der Waals surface area contributed by atoms with Crippen LogP contribution in [-0.2, 0) is 16.6 Å². The van der Waals surface area contributed by atoms with Gasteiger partial charge in [-0.1, -0.05) is 0 Å². The van der Waals surface area contributed by atoms with Crippen LogP contribution in [0, 0.1) is 18.6 Å². The predicted octanol–water partition coefficient (Wildman–Crippen LogP) is 2.16. The lowest BCUT2D eigenvalue weighted by Crippen LogP contribution is -2.13. The lowest BCUT2D eigenvalue weighted by molar-refractivity contribution is 0.236. The van der Waals surface area contributed by atoms with Crippen molar-refractivity contribution in [2.24, 2.45) is 0 Å². The highest BCUT2D eigenvalue weighted by atomic mass is 32.2. The molecular weight excluding hydrogens is 292 g/mol. The van der Waals surface area contributed by atoms with Gasteiger partial charge in [-0.3, -0.25) is 4.72 Å². The molecule has 0 unspecified atom stereocenters. The van der Waals surface area contributed by atoms with Crippen LogP contribution in [0.1, 0.15) is 11.3 Å². The first-order valence-corrected chi connectivity index (χ1v) is 7.00. The summed E-state index contributed by atoms with van der Waals surface area (Å²) in [7, 11) is -4.19. The van der Waals surface area contributed by atoms with Crippen molar-refractivity contribution < 1.29 is 26.7 Å². The number of sulfonamides is 1. The molecular formula is C12H11F2NO4S. The number of aliphatic hydroxyl groups excluding tert-OH is 1. The van der Waals surface area contributed by atoms with Crippen LogP contribution < -0.4 is 4.72 Å². The highest BCUT2D eigenvalue weighted by Crippen LogP contribution is 2.23. The Bertz CT molecular complexity index is 740. The van der Waals surface area contributed by atoms with Gasteiger partial charge >= 0.3 is 0 Å². The van der Waals surface area contributed by atoms with E-state index in [1.165, 1.54) is 13.0 Å². The van der Waals surface area contributed by atoms with Crippen LogP contribution in [0.2, 0.25) is 0 Å². The van der Waals surface area contributed by atoms with Gasteiger partial charge in [-0.2, -0.15) is 8.42 Å². The number of hydrogen-bond acceptors (Lipinski definition) is 4. The number of furan rings is 1. The van der Waals surface area contributed by atoms with Gasteiger partial charge in [0.25, 0.3) is 10.0 Å². The van der Waals surface area contributed by atoms with E-state index in [0.717, 1.165) is 18.2 Å². The van der Waals surface area contributed by atoms with Crippen molar-refractivity contribution in [3.8, 4) is 0 Å². The quantitative estimate of drug-likeness (QED) is 0.907. The summed E-state index contributed by atoms with van der Waals surface area (Å²) in [6.45, 7) is 0.889. The minimum Gasteiger partial charge on any atom is -0.445 e. The number of halogens is 2. The van der Waals surface area contributed by atoms with Crippen molar-refractivity contribution in [1.82, 2.24) is 0 Å². The van der Waals surface area contributed by atoms with E-state index in [2.05, 4.69) is 0 Å². The summed E-state index contributed by atoms with van der Waals surface area (Å²) < 4.78 is 57.5. The SMILES string of the molecule is Cc1cc(F)c(NS(=O)(=O)c2ccc(CO)o2)cc1F. The molecule has 0 aliphatic heterocycles. The summed E-state index contributed by atoms with van der Waals surface area (Å²) >= 11 is 0. The molecule has 1 aromatic carbocycles. The fraction of sp³-hybridized carbons (Fsp3) is 0.167. The standard InChI is InChI=1S/C12H11F2NO4S/c1-7-4-10(14)11(5-9(7)13)15-20(17,18)12-3-2-8(6-16)19-12/h2-5,15-16H,6H2,1H3. The summed E-state index contributed by atoms with van der Waals surface area (Å²) in [5.41, 5.74) is -0.457. The third kappa shape index (κ3) is 2.81. The van der Waals surface area contributed by atoms with E-state index in [0.29, 0.717) is 0 Å². The van der Waals surface area contributed by atoms with E-state index < -0.39 is 39.0 Å². The molecule has 0 bridgehead atoms. The number of anilines is 1. The Kier molecular flexibility index (Phi) is 3.78. The molecule has 0 saturated carbocycles. The zero-order chi connectivity index (χ0) is 14.9. The third-order valence-electron chi connectivity index (χ3n) is 2.55. The number of aryl methyl sites for hydroxylation is 1. The second kappa shape index (κ2) is 5.22. The molecule has 0 amide bonds. The second-order valence-corrected chi connectivity index (χ2v) is 5.68. The lowest BCUT2D eigenvalue weighted by atomic mass is 10.2. The van der Waals surface area contributed by atoms with E-state index in [1.54, 1.807) is 0 Å². The molecule has 2 rings (SSSR count). The molecule has 2 aromatic rings. The van der Waals surface area contributed by atoms with Crippen LogP contribution in [0.4, 0.5) is 14.5 Å². The van der Waals surface area contributed by atoms with Crippen molar-refractivity contribution in [2.75, 3.05) is 4.72 Å². The van der Waals surface area contributed by atoms with Crippen molar-refractivity contribution in [1.29, 1.82) is 0 Å². The van der Waals surface area contributed by atoms with Crippen molar-refractivity contribution in [2.45, 2.75) is 18.6 Å². The van der Waals surface area contributed by atoms with Crippen LogP contribution in [-0.4, -0.2) is 13.5 Å². The average Bonchev–Trinajstić information content (AvgIpc) is 2.85. The molecule has 1 heterocycles. The van der Waals surface area contributed by atoms with Crippen molar-refractivity contribution in [3.05, 3.63) is 47.2 Å². The monoisotopic (exact) mass is 303 g/mol. The highest BCUT2D eigenvalue weighted by Gasteiger charge is 2.21. The van der Waals surface area contributed by atoms with E-state index in [1.807, 2.05) is 4.72 Å². The van der Waals surface area contributed by atoms with Crippen LogP contribution in [0.25, 0.3) is 0 Å². The van der Waals surface area contributed by atoms with Gasteiger partial charge in [0, 0.05) is 6.07 Å². The van der Waals surface area contributed by atoms with Gasteiger partial charge in [-0.05, 0) is 30.7 Å². The van der Waals surface area contributed by atoms with E-state index in [4.69, 9.17) is 9.52 Å². The zero-order valence-corrected chi connectivity index (χ0v) is 11.2. The normalized spacial score (nSPS) is 11.6. The molecule has 5 nitrogen and oxygen atoms in total. The summed E-state index contributed by atoms with van der Waals surface area (Å²) in [4.78, 5) is 0. The van der Waals surface area contributed by atoms with Gasteiger partial charge < -0.3 is 9.52 Å². The van der Waals surface area contributed by atoms with Crippen molar-refractivity contribution >= 4 is 15.7 Å². The van der Waals surface area contributed by atoms with E-state index in [-0.39, 0.29) is 11.3 Å². The molecule has 0 saturated heterocycles. The third-order valence-corrected chi connectivity index (χ3v) is 3.79. The number of hydrogen-bond donors (Lipinski definition) is 2. The Hall–Kier alpha value is -1.93.